The zero-order chi connectivity index (χ0) is 12.4. The van der Waals surface area contributed by atoms with Crippen molar-refractivity contribution in [2.24, 2.45) is 0 Å². The fourth-order valence-electron chi connectivity index (χ4n) is 1.96. The lowest BCUT2D eigenvalue weighted by molar-refractivity contribution is 0.1000. The number of nitrogens with one attached hydrogen (secondary N) is 2. The predicted octanol–water partition coefficient (Wildman–Crippen LogP) is 1.67. The van der Waals surface area contributed by atoms with Crippen molar-refractivity contribution in [3.8, 4) is 0 Å². The van der Waals surface area contributed by atoms with Gasteiger partial charge in [-0.05, 0) is 12.8 Å². The largest absolute Gasteiger partial charge is 0.381 e. The molecule has 0 spiro atoms. The first-order valence-electron chi connectivity index (χ1n) is 6.00. The third-order valence-corrected chi connectivity index (χ3v) is 4.28. The molecule has 6 nitrogen and oxygen atoms in total. The van der Waals surface area contributed by atoms with Crippen LogP contribution in [0.25, 0.3) is 11.0 Å². The van der Waals surface area contributed by atoms with Crippen LogP contribution in [0.2, 0.25) is 0 Å². The van der Waals surface area contributed by atoms with Gasteiger partial charge in [0, 0.05) is 25.5 Å². The molecule has 0 aromatic carbocycles. The normalized spacial score (nSPS) is 17.2. The van der Waals surface area contributed by atoms with E-state index in [1.807, 2.05) is 7.05 Å². The summed E-state index contributed by atoms with van der Waals surface area (Å²) >= 11 is 1.80. The van der Waals surface area contributed by atoms with Crippen LogP contribution in [0.3, 0.4) is 0 Å². The summed E-state index contributed by atoms with van der Waals surface area (Å²) in [6.45, 7) is 1.69. The lowest BCUT2D eigenvalue weighted by Gasteiger charge is -2.21. The molecule has 1 aliphatic rings. The van der Waals surface area contributed by atoms with Gasteiger partial charge in [-0.1, -0.05) is 0 Å². The summed E-state index contributed by atoms with van der Waals surface area (Å²) in [5, 5.41) is 12.5. The van der Waals surface area contributed by atoms with Crippen LogP contribution >= 0.6 is 11.8 Å². The summed E-state index contributed by atoms with van der Waals surface area (Å²) in [7, 11) is 1.82. The SMILES string of the molecule is CNc1nc(SC2CCOCC2)c2cn[nH]c2n1. The van der Waals surface area contributed by atoms with Crippen molar-refractivity contribution >= 4 is 28.7 Å². The van der Waals surface area contributed by atoms with E-state index in [1.54, 1.807) is 18.0 Å². The fourth-order valence-corrected chi connectivity index (χ4v) is 3.12. The minimum absolute atomic E-state index is 0.566. The highest BCUT2D eigenvalue weighted by Gasteiger charge is 2.18. The molecule has 0 bridgehead atoms. The summed E-state index contributed by atoms with van der Waals surface area (Å²) in [6, 6.07) is 0. The molecule has 96 valence electrons. The number of rotatable bonds is 3. The lowest BCUT2D eigenvalue weighted by atomic mass is 10.2. The summed E-state index contributed by atoms with van der Waals surface area (Å²) in [4.78, 5) is 8.85. The molecule has 1 saturated heterocycles. The van der Waals surface area contributed by atoms with Crippen LogP contribution in [-0.2, 0) is 4.74 Å². The highest BCUT2D eigenvalue weighted by Crippen LogP contribution is 2.32. The van der Waals surface area contributed by atoms with Crippen molar-refractivity contribution in [1.82, 2.24) is 20.2 Å². The van der Waals surface area contributed by atoms with Crippen LogP contribution in [-0.4, -0.2) is 45.7 Å². The third kappa shape index (κ3) is 2.28. The average Bonchev–Trinajstić information content (AvgIpc) is 2.88. The van der Waals surface area contributed by atoms with Crippen LogP contribution in [0.5, 0.6) is 0 Å². The molecule has 0 atom stereocenters. The number of anilines is 1. The Morgan fingerprint density at radius 2 is 2.22 bits per heavy atom. The Labute approximate surface area is 109 Å². The first-order valence-corrected chi connectivity index (χ1v) is 6.88. The van der Waals surface area contributed by atoms with Crippen LogP contribution in [0.15, 0.2) is 11.2 Å². The monoisotopic (exact) mass is 265 g/mol. The Morgan fingerprint density at radius 3 is 3.00 bits per heavy atom. The van der Waals surface area contributed by atoms with E-state index in [9.17, 15) is 0 Å². The molecule has 2 aromatic heterocycles. The minimum Gasteiger partial charge on any atom is -0.381 e. The highest BCUT2D eigenvalue weighted by atomic mass is 32.2. The van der Waals surface area contributed by atoms with Gasteiger partial charge in [0.1, 0.15) is 5.03 Å². The molecule has 2 N–H and O–H groups in total. The molecule has 0 aliphatic carbocycles. The molecule has 7 heteroatoms. The van der Waals surface area contributed by atoms with Crippen LogP contribution in [0, 0.1) is 0 Å². The Bertz CT molecular complexity index is 537. The Hall–Kier alpha value is -1.34. The molecule has 0 amide bonds. The van der Waals surface area contributed by atoms with Crippen molar-refractivity contribution < 1.29 is 4.74 Å². The van der Waals surface area contributed by atoms with Gasteiger partial charge in [-0.25, -0.2) is 4.98 Å². The second-order valence-corrected chi connectivity index (χ2v) is 5.45. The van der Waals surface area contributed by atoms with E-state index in [2.05, 4.69) is 25.5 Å². The van der Waals surface area contributed by atoms with Crippen LogP contribution in [0.4, 0.5) is 5.95 Å². The highest BCUT2D eigenvalue weighted by molar-refractivity contribution is 8.00. The molecular formula is C11H15N5OS. The summed E-state index contributed by atoms with van der Waals surface area (Å²) in [5.41, 5.74) is 0.781. The number of aromatic nitrogens is 4. The smallest absolute Gasteiger partial charge is 0.225 e. The van der Waals surface area contributed by atoms with Gasteiger partial charge < -0.3 is 10.1 Å². The molecule has 2 aromatic rings. The Kier molecular flexibility index (Phi) is 3.33. The van der Waals surface area contributed by atoms with E-state index in [1.165, 1.54) is 0 Å². The minimum atomic E-state index is 0.566. The second-order valence-electron chi connectivity index (χ2n) is 4.16. The van der Waals surface area contributed by atoms with Crippen molar-refractivity contribution in [2.45, 2.75) is 23.1 Å². The zero-order valence-corrected chi connectivity index (χ0v) is 11.0. The topological polar surface area (TPSA) is 75.7 Å². The van der Waals surface area contributed by atoms with Gasteiger partial charge in [-0.2, -0.15) is 10.1 Å². The van der Waals surface area contributed by atoms with E-state index < -0.39 is 0 Å². The molecule has 1 aliphatic heterocycles. The van der Waals surface area contributed by atoms with E-state index in [0.29, 0.717) is 11.2 Å². The van der Waals surface area contributed by atoms with Crippen molar-refractivity contribution in [3.63, 3.8) is 0 Å². The quantitative estimate of drug-likeness (QED) is 0.822. The van der Waals surface area contributed by atoms with Gasteiger partial charge in [0.15, 0.2) is 5.65 Å². The van der Waals surface area contributed by atoms with Crippen molar-refractivity contribution in [1.29, 1.82) is 0 Å². The van der Waals surface area contributed by atoms with E-state index in [4.69, 9.17) is 4.74 Å². The van der Waals surface area contributed by atoms with Gasteiger partial charge in [0.2, 0.25) is 5.95 Å². The number of hydrogen-bond donors (Lipinski definition) is 2. The van der Waals surface area contributed by atoms with E-state index in [-0.39, 0.29) is 0 Å². The molecule has 1 fully saturated rings. The number of H-pyrrole nitrogens is 1. The number of aromatic amines is 1. The fraction of sp³-hybridized carbons (Fsp3) is 0.545. The number of hydrogen-bond acceptors (Lipinski definition) is 6. The summed E-state index contributed by atoms with van der Waals surface area (Å²) in [6.07, 6.45) is 3.93. The van der Waals surface area contributed by atoms with Crippen LogP contribution in [0.1, 0.15) is 12.8 Å². The second kappa shape index (κ2) is 5.11. The maximum Gasteiger partial charge on any atom is 0.225 e. The Morgan fingerprint density at radius 1 is 1.39 bits per heavy atom. The van der Waals surface area contributed by atoms with Gasteiger partial charge in [-0.3, -0.25) is 5.10 Å². The first kappa shape index (κ1) is 11.7. The molecule has 3 rings (SSSR count). The Balaban J connectivity index is 1.91. The third-order valence-electron chi connectivity index (χ3n) is 2.95. The predicted molar refractivity (Wildman–Crippen MR) is 70.9 cm³/mol. The molecule has 3 heterocycles. The van der Waals surface area contributed by atoms with Crippen molar-refractivity contribution in [2.75, 3.05) is 25.6 Å². The van der Waals surface area contributed by atoms with Crippen molar-refractivity contribution in [3.05, 3.63) is 6.20 Å². The van der Waals surface area contributed by atoms with Crippen LogP contribution < -0.4 is 5.32 Å². The van der Waals surface area contributed by atoms with Gasteiger partial charge >= 0.3 is 0 Å². The maximum atomic E-state index is 5.38. The number of ether oxygens (including phenoxy) is 1. The van der Waals surface area contributed by atoms with E-state index >= 15 is 0 Å². The van der Waals surface area contributed by atoms with E-state index in [0.717, 1.165) is 42.1 Å². The maximum absolute atomic E-state index is 5.38. The molecule has 18 heavy (non-hydrogen) atoms. The first-order chi connectivity index (χ1) is 8.86. The lowest BCUT2D eigenvalue weighted by Crippen LogP contribution is -2.17. The molecule has 0 unspecified atom stereocenters. The van der Waals surface area contributed by atoms with Gasteiger partial charge in [0.25, 0.3) is 0 Å². The average molecular weight is 265 g/mol. The van der Waals surface area contributed by atoms with Gasteiger partial charge in [0.05, 0.1) is 11.6 Å². The molecular weight excluding hydrogens is 250 g/mol. The number of fused-ring (bicyclic) bond motifs is 1. The standard InChI is InChI=1S/C11H15N5OS/c1-12-11-14-9-8(6-13-16-9)10(15-11)18-7-2-4-17-5-3-7/h6-7H,2-5H2,1H3,(H2,12,13,14,15,16). The summed E-state index contributed by atoms with van der Waals surface area (Å²) in [5.74, 6) is 0.626. The number of nitrogens with zero attached hydrogens (tertiary/aromatic N) is 3. The molecule has 0 saturated carbocycles. The zero-order valence-electron chi connectivity index (χ0n) is 10.1. The number of thioether (sulfide) groups is 1. The van der Waals surface area contributed by atoms with Gasteiger partial charge in [-0.15, -0.1) is 11.8 Å². The summed E-state index contributed by atoms with van der Waals surface area (Å²) < 4.78 is 5.38. The molecule has 0 radical (unpaired) electrons.